The molecule has 1 fully saturated rings. The summed E-state index contributed by atoms with van der Waals surface area (Å²) in [5, 5.41) is 1.01. The molecule has 3 rings (SSSR count). The molecule has 6 nitrogen and oxygen atoms in total. The Bertz CT molecular complexity index is 714. The first-order valence-corrected chi connectivity index (χ1v) is 8.28. The average molecular weight is 329 g/mol. The van der Waals surface area contributed by atoms with Gasteiger partial charge in [-0.05, 0) is 26.0 Å². The quantitative estimate of drug-likeness (QED) is 0.923. The number of fused-ring (bicyclic) bond motifs is 1. The second kappa shape index (κ2) is 6.65. The summed E-state index contributed by atoms with van der Waals surface area (Å²) in [4.78, 5) is 27.9. The molecule has 0 bridgehead atoms. The maximum Gasteiger partial charge on any atom is 0.234 e. The molecular weight excluding hydrogens is 306 g/mol. The molecule has 2 amide bonds. The van der Waals surface area contributed by atoms with Crippen molar-refractivity contribution in [3.63, 3.8) is 0 Å². The van der Waals surface area contributed by atoms with Crippen molar-refractivity contribution in [2.45, 2.75) is 25.8 Å². The Kier molecular flexibility index (Phi) is 4.57. The topological polar surface area (TPSA) is 79.8 Å². The number of nitrogens with two attached hydrogens (primary N) is 1. The Balaban J connectivity index is 1.65. The zero-order valence-corrected chi connectivity index (χ0v) is 14.1. The maximum atomic E-state index is 12.7. The first kappa shape index (κ1) is 16.5. The van der Waals surface area contributed by atoms with Crippen LogP contribution >= 0.6 is 0 Å². The third-order valence-corrected chi connectivity index (χ3v) is 4.83. The van der Waals surface area contributed by atoms with Crippen LogP contribution in [0.25, 0.3) is 11.0 Å². The Morgan fingerprint density at radius 3 is 2.42 bits per heavy atom. The fraction of sp³-hybridized carbons (Fsp3) is 0.444. The van der Waals surface area contributed by atoms with Crippen LogP contribution in [0.1, 0.15) is 25.5 Å². The van der Waals surface area contributed by atoms with Crippen LogP contribution in [0, 0.1) is 0 Å². The zero-order chi connectivity index (χ0) is 17.3. The van der Waals surface area contributed by atoms with Gasteiger partial charge in [-0.25, -0.2) is 0 Å². The van der Waals surface area contributed by atoms with E-state index in [0.29, 0.717) is 31.9 Å². The summed E-state index contributed by atoms with van der Waals surface area (Å²) in [6, 6.07) is 9.39. The second-order valence-electron chi connectivity index (χ2n) is 6.35. The Labute approximate surface area is 141 Å². The highest BCUT2D eigenvalue weighted by Gasteiger charge is 2.30. The predicted molar refractivity (Wildman–Crippen MR) is 91.4 cm³/mol. The molecule has 2 N–H and O–H groups in total. The number of furan rings is 1. The molecule has 0 radical (unpaired) electrons. The van der Waals surface area contributed by atoms with Gasteiger partial charge in [-0.3, -0.25) is 14.5 Å². The van der Waals surface area contributed by atoms with Crippen molar-refractivity contribution in [3.8, 4) is 0 Å². The summed E-state index contributed by atoms with van der Waals surface area (Å²) in [5.41, 5.74) is 6.15. The van der Waals surface area contributed by atoms with Gasteiger partial charge in [0.1, 0.15) is 11.3 Å². The van der Waals surface area contributed by atoms with Crippen LogP contribution in [0.5, 0.6) is 0 Å². The van der Waals surface area contributed by atoms with E-state index in [4.69, 9.17) is 10.2 Å². The molecule has 0 spiro atoms. The van der Waals surface area contributed by atoms with Gasteiger partial charge in [-0.15, -0.1) is 0 Å². The normalized spacial score (nSPS) is 18.5. The zero-order valence-electron chi connectivity index (χ0n) is 14.1. The molecule has 2 heterocycles. The van der Waals surface area contributed by atoms with E-state index in [9.17, 15) is 9.59 Å². The molecule has 1 aliphatic heterocycles. The third kappa shape index (κ3) is 3.14. The van der Waals surface area contributed by atoms with Gasteiger partial charge in [-0.1, -0.05) is 18.2 Å². The first-order valence-electron chi connectivity index (χ1n) is 8.28. The van der Waals surface area contributed by atoms with Gasteiger partial charge in [0.2, 0.25) is 11.8 Å². The van der Waals surface area contributed by atoms with Gasteiger partial charge >= 0.3 is 0 Å². The largest absolute Gasteiger partial charge is 0.460 e. The lowest BCUT2D eigenvalue weighted by Crippen LogP contribution is -2.54. The lowest BCUT2D eigenvalue weighted by atomic mass is 10.1. The minimum absolute atomic E-state index is 0.0560. The summed E-state index contributed by atoms with van der Waals surface area (Å²) in [6.45, 7) is 6.18. The molecule has 1 aromatic heterocycles. The monoisotopic (exact) mass is 329 g/mol. The van der Waals surface area contributed by atoms with E-state index in [0.717, 1.165) is 11.0 Å². The van der Waals surface area contributed by atoms with Gasteiger partial charge in [0, 0.05) is 31.6 Å². The highest BCUT2D eigenvalue weighted by Crippen LogP contribution is 2.26. The van der Waals surface area contributed by atoms with Gasteiger partial charge in [0.25, 0.3) is 0 Å². The SMILES string of the molecule is C[C@H](C(N)=O)N1CCN(C(=O)[C@H](C)c2cc3ccccc3o2)CC1. The summed E-state index contributed by atoms with van der Waals surface area (Å²) in [7, 11) is 0. The van der Waals surface area contributed by atoms with Crippen LogP contribution < -0.4 is 5.73 Å². The summed E-state index contributed by atoms with van der Waals surface area (Å²) >= 11 is 0. The number of carbonyl (C=O) groups excluding carboxylic acids is 2. The smallest absolute Gasteiger partial charge is 0.234 e. The fourth-order valence-electron chi connectivity index (χ4n) is 3.12. The lowest BCUT2D eigenvalue weighted by molar-refractivity contribution is -0.135. The Morgan fingerprint density at radius 1 is 1.12 bits per heavy atom. The highest BCUT2D eigenvalue weighted by atomic mass is 16.3. The Morgan fingerprint density at radius 2 is 1.79 bits per heavy atom. The van der Waals surface area contributed by atoms with Crippen molar-refractivity contribution in [2.24, 2.45) is 5.73 Å². The summed E-state index contributed by atoms with van der Waals surface area (Å²) in [5.74, 6) is 0.0949. The minimum atomic E-state index is -0.328. The average Bonchev–Trinajstić information content (AvgIpc) is 3.04. The van der Waals surface area contributed by atoms with Crippen molar-refractivity contribution >= 4 is 22.8 Å². The van der Waals surface area contributed by atoms with Crippen LogP contribution in [-0.4, -0.2) is 53.8 Å². The molecular formula is C18H23N3O3. The van der Waals surface area contributed by atoms with E-state index in [2.05, 4.69) is 0 Å². The van der Waals surface area contributed by atoms with Gasteiger partial charge < -0.3 is 15.1 Å². The van der Waals surface area contributed by atoms with Crippen LogP contribution in [0.15, 0.2) is 34.7 Å². The number of nitrogens with zero attached hydrogens (tertiary/aromatic N) is 2. The molecule has 1 aliphatic rings. The number of carbonyl (C=O) groups is 2. The lowest BCUT2D eigenvalue weighted by Gasteiger charge is -2.37. The molecule has 1 aromatic carbocycles. The molecule has 0 aliphatic carbocycles. The first-order chi connectivity index (χ1) is 11.5. The maximum absolute atomic E-state index is 12.7. The minimum Gasteiger partial charge on any atom is -0.460 e. The number of primary amides is 1. The van der Waals surface area contributed by atoms with Crippen LogP contribution in [0.2, 0.25) is 0 Å². The van der Waals surface area contributed by atoms with Gasteiger partial charge in [-0.2, -0.15) is 0 Å². The van der Waals surface area contributed by atoms with E-state index in [1.165, 1.54) is 0 Å². The van der Waals surface area contributed by atoms with Crippen molar-refractivity contribution in [3.05, 3.63) is 36.1 Å². The molecule has 0 saturated carbocycles. The second-order valence-corrected chi connectivity index (χ2v) is 6.35. The molecule has 6 heteroatoms. The van der Waals surface area contributed by atoms with Crippen LogP contribution in [0.4, 0.5) is 0 Å². The van der Waals surface area contributed by atoms with E-state index in [-0.39, 0.29) is 23.8 Å². The van der Waals surface area contributed by atoms with Crippen molar-refractivity contribution < 1.29 is 14.0 Å². The number of rotatable bonds is 4. The van der Waals surface area contributed by atoms with E-state index < -0.39 is 0 Å². The molecule has 2 atom stereocenters. The van der Waals surface area contributed by atoms with Gasteiger partial charge in [0.15, 0.2) is 0 Å². The van der Waals surface area contributed by atoms with Crippen molar-refractivity contribution in [2.75, 3.05) is 26.2 Å². The number of hydrogen-bond acceptors (Lipinski definition) is 4. The third-order valence-electron chi connectivity index (χ3n) is 4.83. The molecule has 24 heavy (non-hydrogen) atoms. The fourth-order valence-corrected chi connectivity index (χ4v) is 3.12. The Hall–Kier alpha value is -2.34. The van der Waals surface area contributed by atoms with Crippen LogP contribution in [0.3, 0.4) is 0 Å². The van der Waals surface area contributed by atoms with Crippen LogP contribution in [-0.2, 0) is 9.59 Å². The van der Waals surface area contributed by atoms with Crippen molar-refractivity contribution in [1.29, 1.82) is 0 Å². The molecule has 2 aromatic rings. The van der Waals surface area contributed by atoms with E-state index >= 15 is 0 Å². The number of hydrogen-bond donors (Lipinski definition) is 1. The summed E-state index contributed by atoms with van der Waals surface area (Å²) in [6.07, 6.45) is 0. The molecule has 1 saturated heterocycles. The molecule has 0 unspecified atom stereocenters. The highest BCUT2D eigenvalue weighted by molar-refractivity contribution is 5.85. The number of para-hydroxylation sites is 1. The number of amides is 2. The predicted octanol–water partition coefficient (Wildman–Crippen LogP) is 1.55. The molecule has 128 valence electrons. The van der Waals surface area contributed by atoms with E-state index in [1.807, 2.05) is 47.1 Å². The standard InChI is InChI=1S/C18H23N3O3/c1-12(16-11-14-5-3-4-6-15(14)24-16)18(23)21-9-7-20(8-10-21)13(2)17(19)22/h3-6,11-13H,7-10H2,1-2H3,(H2,19,22)/t12-,13-/m1/s1. The van der Waals surface area contributed by atoms with E-state index in [1.54, 1.807) is 6.92 Å². The van der Waals surface area contributed by atoms with Gasteiger partial charge in [0.05, 0.1) is 12.0 Å². The number of benzene rings is 1. The number of piperazine rings is 1. The van der Waals surface area contributed by atoms with Crippen molar-refractivity contribution in [1.82, 2.24) is 9.80 Å². The summed E-state index contributed by atoms with van der Waals surface area (Å²) < 4.78 is 5.81.